The van der Waals surface area contributed by atoms with E-state index in [9.17, 15) is 0 Å². The first-order chi connectivity index (χ1) is 8.71. The smallest absolute Gasteiger partial charge is 0.145 e. The summed E-state index contributed by atoms with van der Waals surface area (Å²) in [6.45, 7) is 3.59. The lowest BCUT2D eigenvalue weighted by atomic mass is 10.2. The summed E-state index contributed by atoms with van der Waals surface area (Å²) in [5.41, 5.74) is 1.11. The zero-order valence-electron chi connectivity index (χ0n) is 10.5. The fourth-order valence-corrected chi connectivity index (χ4v) is 1.70. The lowest BCUT2D eigenvalue weighted by molar-refractivity contribution is 0.321. The fourth-order valence-electron chi connectivity index (χ4n) is 1.59. The van der Waals surface area contributed by atoms with Crippen molar-refractivity contribution < 1.29 is 5.21 Å². The zero-order chi connectivity index (χ0) is 13.4. The van der Waals surface area contributed by atoms with Gasteiger partial charge in [0.25, 0.3) is 0 Å². The number of aromatic nitrogens is 1. The lowest BCUT2D eigenvalue weighted by Crippen LogP contribution is -2.33. The van der Waals surface area contributed by atoms with Crippen LogP contribution >= 0.6 is 11.6 Å². The van der Waals surface area contributed by atoms with Crippen molar-refractivity contribution in [3.05, 3.63) is 29.0 Å². The third-order valence-electron chi connectivity index (χ3n) is 2.57. The van der Waals surface area contributed by atoms with Crippen molar-refractivity contribution in [1.82, 2.24) is 9.88 Å². The van der Waals surface area contributed by atoms with Gasteiger partial charge in [0, 0.05) is 26.3 Å². The molecule has 0 aliphatic heterocycles. The maximum atomic E-state index is 8.57. The topological polar surface area (TPSA) is 61.1 Å². The van der Waals surface area contributed by atoms with E-state index < -0.39 is 0 Å². The molecule has 98 valence electrons. The predicted molar refractivity (Wildman–Crippen MR) is 73.8 cm³/mol. The molecule has 0 spiro atoms. The molecule has 1 aromatic heterocycles. The molecule has 0 aliphatic rings. The Hall–Kier alpha value is -1.62. The number of pyridine rings is 1. The summed E-state index contributed by atoms with van der Waals surface area (Å²) in [4.78, 5) is 10.1. The second kappa shape index (κ2) is 7.66. The van der Waals surface area contributed by atoms with Gasteiger partial charge in [-0.15, -0.1) is 0 Å². The molecule has 18 heavy (non-hydrogen) atoms. The second-order valence-corrected chi connectivity index (χ2v) is 4.03. The van der Waals surface area contributed by atoms with Crippen LogP contribution in [0.3, 0.4) is 0 Å². The highest BCUT2D eigenvalue weighted by Crippen LogP contribution is 2.06. The Labute approximate surface area is 112 Å². The van der Waals surface area contributed by atoms with Crippen molar-refractivity contribution in [1.29, 1.82) is 0 Å². The van der Waals surface area contributed by atoms with Gasteiger partial charge in [0.2, 0.25) is 0 Å². The number of halogens is 1. The van der Waals surface area contributed by atoms with Crippen LogP contribution in [0.4, 0.5) is 0 Å². The molecular weight excluding hydrogens is 252 g/mol. The Kier molecular flexibility index (Phi) is 6.14. The van der Waals surface area contributed by atoms with E-state index in [-0.39, 0.29) is 0 Å². The normalized spacial score (nSPS) is 12.1. The molecule has 0 aromatic carbocycles. The molecular formula is C12H17ClN4O. The molecule has 0 bridgehead atoms. The Morgan fingerprint density at radius 2 is 2.33 bits per heavy atom. The van der Waals surface area contributed by atoms with Crippen molar-refractivity contribution >= 4 is 23.7 Å². The van der Waals surface area contributed by atoms with Gasteiger partial charge in [0.05, 0.1) is 0 Å². The van der Waals surface area contributed by atoms with Crippen LogP contribution in [0.25, 0.3) is 0 Å². The van der Waals surface area contributed by atoms with Crippen LogP contribution in [0.1, 0.15) is 12.5 Å². The van der Waals surface area contributed by atoms with Crippen LogP contribution in [0.15, 0.2) is 28.5 Å². The summed E-state index contributed by atoms with van der Waals surface area (Å²) in [5, 5.41) is 12.1. The zero-order valence-corrected chi connectivity index (χ0v) is 11.3. The molecule has 0 unspecified atom stereocenters. The van der Waals surface area contributed by atoms with E-state index in [1.54, 1.807) is 19.3 Å². The van der Waals surface area contributed by atoms with E-state index in [4.69, 9.17) is 16.8 Å². The van der Waals surface area contributed by atoms with Crippen molar-refractivity contribution in [2.75, 3.05) is 20.1 Å². The number of likely N-dealkylation sites (N-methyl/N-ethyl adjacent to an activating group) is 1. The maximum absolute atomic E-state index is 8.57. The number of hydrogen-bond donors (Lipinski definition) is 1. The van der Waals surface area contributed by atoms with Gasteiger partial charge >= 0.3 is 0 Å². The fraction of sp³-hybridized carbons (Fsp3) is 0.417. The molecule has 1 aromatic rings. The number of aliphatic imine (C=N–C) groups is 1. The van der Waals surface area contributed by atoms with E-state index >= 15 is 0 Å². The molecule has 5 nitrogen and oxygen atoms in total. The minimum atomic E-state index is 0.495. The Bertz CT molecular complexity index is 417. The highest BCUT2D eigenvalue weighted by molar-refractivity contribution is 6.29. The molecule has 0 atom stereocenters. The lowest BCUT2D eigenvalue weighted by Gasteiger charge is -2.21. The highest BCUT2D eigenvalue weighted by atomic mass is 35.5. The molecule has 0 saturated carbocycles. The van der Waals surface area contributed by atoms with Crippen molar-refractivity contribution in [3.8, 4) is 0 Å². The van der Waals surface area contributed by atoms with Crippen molar-refractivity contribution in [2.45, 2.75) is 13.3 Å². The van der Waals surface area contributed by atoms with Crippen LogP contribution in [0.5, 0.6) is 0 Å². The Morgan fingerprint density at radius 3 is 2.83 bits per heavy atom. The Balaban J connectivity index is 2.61. The molecule has 1 rings (SSSR count). The standard InChI is InChI=1S/C12H17ClN4O/c1-3-17(12(14-2)9-16-18)7-6-10-4-5-11(13)15-8-10/h4-5,8-9,18H,3,6-7H2,1-2H3. The number of nitrogens with zero attached hydrogens (tertiary/aromatic N) is 4. The number of hydrogen-bond acceptors (Lipinski definition) is 4. The average molecular weight is 269 g/mol. The van der Waals surface area contributed by atoms with Gasteiger partial charge in [-0.3, -0.25) is 4.99 Å². The molecule has 1 N–H and O–H groups in total. The SMILES string of the molecule is CCN(CCc1ccc(Cl)nc1)C(C=NO)=NC. The van der Waals surface area contributed by atoms with Gasteiger partial charge in [-0.25, -0.2) is 4.98 Å². The highest BCUT2D eigenvalue weighted by Gasteiger charge is 2.07. The van der Waals surface area contributed by atoms with Crippen molar-refractivity contribution in [2.24, 2.45) is 10.1 Å². The van der Waals surface area contributed by atoms with E-state index in [1.165, 1.54) is 6.21 Å². The first kappa shape index (κ1) is 14.4. The third kappa shape index (κ3) is 4.33. The summed E-state index contributed by atoms with van der Waals surface area (Å²) in [6, 6.07) is 3.73. The number of rotatable bonds is 5. The van der Waals surface area contributed by atoms with Crippen LogP contribution in [0.2, 0.25) is 5.15 Å². The van der Waals surface area contributed by atoms with Gasteiger partial charge in [-0.05, 0) is 25.0 Å². The summed E-state index contributed by atoms with van der Waals surface area (Å²) in [6.07, 6.45) is 3.93. The summed E-state index contributed by atoms with van der Waals surface area (Å²) < 4.78 is 0. The van der Waals surface area contributed by atoms with Crippen LogP contribution in [-0.2, 0) is 6.42 Å². The average Bonchev–Trinajstić information content (AvgIpc) is 2.40. The van der Waals surface area contributed by atoms with Crippen molar-refractivity contribution in [3.63, 3.8) is 0 Å². The van der Waals surface area contributed by atoms with E-state index in [0.29, 0.717) is 11.0 Å². The molecule has 0 aliphatic carbocycles. The monoisotopic (exact) mass is 268 g/mol. The molecule has 1 heterocycles. The molecule has 0 saturated heterocycles. The van der Waals surface area contributed by atoms with Crippen LogP contribution < -0.4 is 0 Å². The molecule has 0 amide bonds. The van der Waals surface area contributed by atoms with Gasteiger partial charge in [0.1, 0.15) is 17.2 Å². The molecule has 6 heteroatoms. The maximum Gasteiger partial charge on any atom is 0.145 e. The van der Waals surface area contributed by atoms with Crippen LogP contribution in [0, 0.1) is 0 Å². The molecule has 0 radical (unpaired) electrons. The third-order valence-corrected chi connectivity index (χ3v) is 2.79. The summed E-state index contributed by atoms with van der Waals surface area (Å²) in [7, 11) is 1.67. The van der Waals surface area contributed by atoms with Gasteiger partial charge in [0.15, 0.2) is 0 Å². The van der Waals surface area contributed by atoms with Gasteiger partial charge < -0.3 is 10.1 Å². The summed E-state index contributed by atoms with van der Waals surface area (Å²) in [5.74, 6) is 0.655. The van der Waals surface area contributed by atoms with Gasteiger partial charge in [-0.1, -0.05) is 22.8 Å². The molecule has 0 fully saturated rings. The van der Waals surface area contributed by atoms with E-state index in [2.05, 4.69) is 15.1 Å². The minimum Gasteiger partial charge on any atom is -0.411 e. The first-order valence-corrected chi connectivity index (χ1v) is 6.08. The number of oxime groups is 1. The first-order valence-electron chi connectivity index (χ1n) is 5.70. The largest absolute Gasteiger partial charge is 0.411 e. The minimum absolute atomic E-state index is 0.495. The van der Waals surface area contributed by atoms with E-state index in [0.717, 1.165) is 25.1 Å². The second-order valence-electron chi connectivity index (χ2n) is 3.65. The predicted octanol–water partition coefficient (Wildman–Crippen LogP) is 2.09. The summed E-state index contributed by atoms with van der Waals surface area (Å²) >= 11 is 5.73. The van der Waals surface area contributed by atoms with Crippen LogP contribution in [-0.4, -0.2) is 47.3 Å². The van der Waals surface area contributed by atoms with Gasteiger partial charge in [-0.2, -0.15) is 0 Å². The van der Waals surface area contributed by atoms with E-state index in [1.807, 2.05) is 17.9 Å². The Morgan fingerprint density at radius 1 is 1.56 bits per heavy atom. The quantitative estimate of drug-likeness (QED) is 0.292. The number of amidine groups is 1.